The Morgan fingerprint density at radius 3 is 2.44 bits per heavy atom. The molecular weight excluding hydrogens is 208 g/mol. The maximum absolute atomic E-state index is 12.9. The Kier molecular flexibility index (Phi) is 2.98. The van der Waals surface area contributed by atoms with Crippen molar-refractivity contribution in [2.75, 3.05) is 0 Å². The van der Waals surface area contributed by atoms with Crippen LogP contribution in [0, 0.1) is 6.92 Å². The van der Waals surface area contributed by atoms with Crippen LogP contribution >= 0.6 is 0 Å². The standard InChI is InChI=1S/C13H17F2N/c1-9-4-5-10(12(14)15)11(8-9)13(16)6-2-3-7-13/h4-5,8,12H,2-3,6-7,16H2,1H3. The van der Waals surface area contributed by atoms with Crippen LogP contribution in [0.4, 0.5) is 8.78 Å². The summed E-state index contributed by atoms with van der Waals surface area (Å²) in [5.41, 5.74) is 7.48. The first-order valence-electron chi connectivity index (χ1n) is 5.71. The Hall–Kier alpha value is -0.960. The predicted octanol–water partition coefficient (Wildman–Crippen LogP) is 3.66. The predicted molar refractivity (Wildman–Crippen MR) is 60.5 cm³/mol. The van der Waals surface area contributed by atoms with E-state index in [4.69, 9.17) is 5.73 Å². The Labute approximate surface area is 94.7 Å². The van der Waals surface area contributed by atoms with Crippen molar-refractivity contribution in [1.82, 2.24) is 0 Å². The van der Waals surface area contributed by atoms with Gasteiger partial charge in [-0.2, -0.15) is 0 Å². The molecule has 0 atom stereocenters. The van der Waals surface area contributed by atoms with Crippen LogP contribution in [0.2, 0.25) is 0 Å². The molecule has 0 amide bonds. The lowest BCUT2D eigenvalue weighted by molar-refractivity contribution is 0.148. The first-order chi connectivity index (χ1) is 7.53. The lowest BCUT2D eigenvalue weighted by Gasteiger charge is -2.27. The Bertz CT molecular complexity index is 382. The van der Waals surface area contributed by atoms with Gasteiger partial charge in [-0.05, 0) is 25.3 Å². The summed E-state index contributed by atoms with van der Waals surface area (Å²) in [6.07, 6.45) is 1.27. The molecular formula is C13H17F2N. The lowest BCUT2D eigenvalue weighted by atomic mass is 9.85. The van der Waals surface area contributed by atoms with Gasteiger partial charge < -0.3 is 5.73 Å². The third-order valence-electron chi connectivity index (χ3n) is 3.48. The quantitative estimate of drug-likeness (QED) is 0.816. The smallest absolute Gasteiger partial charge is 0.264 e. The molecule has 0 heterocycles. The van der Waals surface area contributed by atoms with Crippen LogP contribution in [0.1, 0.15) is 48.8 Å². The third kappa shape index (κ3) is 1.96. The van der Waals surface area contributed by atoms with Crippen molar-refractivity contribution in [2.24, 2.45) is 5.73 Å². The molecule has 88 valence electrons. The largest absolute Gasteiger partial charge is 0.321 e. The highest BCUT2D eigenvalue weighted by atomic mass is 19.3. The third-order valence-corrected chi connectivity index (χ3v) is 3.48. The van der Waals surface area contributed by atoms with Gasteiger partial charge >= 0.3 is 0 Å². The monoisotopic (exact) mass is 225 g/mol. The van der Waals surface area contributed by atoms with Crippen LogP contribution in [0.15, 0.2) is 18.2 Å². The van der Waals surface area contributed by atoms with Gasteiger partial charge in [0.05, 0.1) is 0 Å². The highest BCUT2D eigenvalue weighted by Crippen LogP contribution is 2.40. The maximum atomic E-state index is 12.9. The van der Waals surface area contributed by atoms with Crippen molar-refractivity contribution in [3.05, 3.63) is 34.9 Å². The summed E-state index contributed by atoms with van der Waals surface area (Å²) < 4.78 is 25.9. The molecule has 0 bridgehead atoms. The zero-order valence-electron chi connectivity index (χ0n) is 9.47. The average Bonchev–Trinajstić information content (AvgIpc) is 2.66. The zero-order valence-corrected chi connectivity index (χ0v) is 9.47. The Morgan fingerprint density at radius 1 is 1.25 bits per heavy atom. The SMILES string of the molecule is Cc1ccc(C(F)F)c(C2(N)CCCC2)c1. The normalized spacial score (nSPS) is 19.3. The minimum Gasteiger partial charge on any atom is -0.321 e. The molecule has 1 saturated carbocycles. The van der Waals surface area contributed by atoms with Gasteiger partial charge in [0.15, 0.2) is 0 Å². The van der Waals surface area contributed by atoms with E-state index in [1.165, 1.54) is 6.07 Å². The molecule has 3 heteroatoms. The van der Waals surface area contributed by atoms with Gasteiger partial charge in [0, 0.05) is 11.1 Å². The van der Waals surface area contributed by atoms with Crippen molar-refractivity contribution >= 4 is 0 Å². The van der Waals surface area contributed by atoms with Gasteiger partial charge in [0.1, 0.15) is 0 Å². The number of hydrogen-bond donors (Lipinski definition) is 1. The summed E-state index contributed by atoms with van der Waals surface area (Å²) in [5.74, 6) is 0. The average molecular weight is 225 g/mol. The summed E-state index contributed by atoms with van der Waals surface area (Å²) in [6.45, 7) is 1.91. The Morgan fingerprint density at radius 2 is 1.88 bits per heavy atom. The summed E-state index contributed by atoms with van der Waals surface area (Å²) in [7, 11) is 0. The van der Waals surface area contributed by atoms with Crippen LogP contribution < -0.4 is 5.73 Å². The fourth-order valence-corrected chi connectivity index (χ4v) is 2.57. The van der Waals surface area contributed by atoms with Crippen molar-refractivity contribution < 1.29 is 8.78 Å². The fraction of sp³-hybridized carbons (Fsp3) is 0.538. The molecule has 0 aliphatic heterocycles. The van der Waals surface area contributed by atoms with E-state index in [2.05, 4.69) is 0 Å². The molecule has 16 heavy (non-hydrogen) atoms. The van der Waals surface area contributed by atoms with Crippen LogP contribution in [0.25, 0.3) is 0 Å². The van der Waals surface area contributed by atoms with Gasteiger partial charge in [-0.1, -0.05) is 36.6 Å². The molecule has 1 aliphatic carbocycles. The van der Waals surface area contributed by atoms with Crippen molar-refractivity contribution in [1.29, 1.82) is 0 Å². The summed E-state index contributed by atoms with van der Waals surface area (Å²) in [6, 6.07) is 5.07. The molecule has 1 aromatic rings. The highest BCUT2D eigenvalue weighted by molar-refractivity contribution is 5.38. The molecule has 1 nitrogen and oxygen atoms in total. The maximum Gasteiger partial charge on any atom is 0.264 e. The van der Waals surface area contributed by atoms with E-state index in [0.717, 1.165) is 31.2 Å². The minimum absolute atomic E-state index is 0.106. The topological polar surface area (TPSA) is 26.0 Å². The second kappa shape index (κ2) is 4.13. The molecule has 0 spiro atoms. The molecule has 0 saturated heterocycles. The van der Waals surface area contributed by atoms with Gasteiger partial charge in [-0.25, -0.2) is 8.78 Å². The second-order valence-corrected chi connectivity index (χ2v) is 4.75. The Balaban J connectivity index is 2.48. The van der Waals surface area contributed by atoms with E-state index < -0.39 is 12.0 Å². The first kappa shape index (κ1) is 11.5. The highest BCUT2D eigenvalue weighted by Gasteiger charge is 2.34. The molecule has 1 aromatic carbocycles. The second-order valence-electron chi connectivity index (χ2n) is 4.75. The first-order valence-corrected chi connectivity index (χ1v) is 5.71. The minimum atomic E-state index is -2.43. The number of rotatable bonds is 2. The summed E-state index contributed by atoms with van der Waals surface area (Å²) >= 11 is 0. The molecule has 0 radical (unpaired) electrons. The summed E-state index contributed by atoms with van der Waals surface area (Å²) in [4.78, 5) is 0. The molecule has 0 unspecified atom stereocenters. The number of nitrogens with two attached hydrogens (primary N) is 1. The fourth-order valence-electron chi connectivity index (χ4n) is 2.57. The van der Waals surface area contributed by atoms with Gasteiger partial charge in [-0.15, -0.1) is 0 Å². The van der Waals surface area contributed by atoms with Gasteiger partial charge in [0.25, 0.3) is 6.43 Å². The van der Waals surface area contributed by atoms with Crippen molar-refractivity contribution in [3.63, 3.8) is 0 Å². The number of alkyl halides is 2. The van der Waals surface area contributed by atoms with E-state index in [-0.39, 0.29) is 5.56 Å². The number of aryl methyl sites for hydroxylation is 1. The number of hydrogen-bond acceptors (Lipinski definition) is 1. The van der Waals surface area contributed by atoms with Crippen LogP contribution in [0.3, 0.4) is 0 Å². The van der Waals surface area contributed by atoms with Crippen molar-refractivity contribution in [2.45, 2.75) is 44.6 Å². The number of halogens is 2. The van der Waals surface area contributed by atoms with Gasteiger partial charge in [0.2, 0.25) is 0 Å². The van der Waals surface area contributed by atoms with Crippen molar-refractivity contribution in [3.8, 4) is 0 Å². The molecule has 1 fully saturated rings. The molecule has 2 rings (SSSR count). The lowest BCUT2D eigenvalue weighted by Crippen LogP contribution is -2.34. The molecule has 0 aromatic heterocycles. The molecule has 2 N–H and O–H groups in total. The van der Waals surface area contributed by atoms with E-state index in [9.17, 15) is 8.78 Å². The van der Waals surface area contributed by atoms with Crippen LogP contribution in [-0.2, 0) is 5.54 Å². The number of benzene rings is 1. The van der Waals surface area contributed by atoms with E-state index in [1.54, 1.807) is 6.07 Å². The van der Waals surface area contributed by atoms with Crippen LogP contribution in [-0.4, -0.2) is 0 Å². The summed E-state index contributed by atoms with van der Waals surface area (Å²) in [5, 5.41) is 0. The van der Waals surface area contributed by atoms with E-state index >= 15 is 0 Å². The zero-order chi connectivity index (χ0) is 11.8. The van der Waals surface area contributed by atoms with Crippen LogP contribution in [0.5, 0.6) is 0 Å². The molecule has 1 aliphatic rings. The van der Waals surface area contributed by atoms with E-state index in [1.807, 2.05) is 13.0 Å². The van der Waals surface area contributed by atoms with Gasteiger partial charge in [-0.3, -0.25) is 0 Å². The van der Waals surface area contributed by atoms with E-state index in [0.29, 0.717) is 5.56 Å².